The second-order valence-corrected chi connectivity index (χ2v) is 9.55. The molecule has 2 heterocycles. The quantitative estimate of drug-likeness (QED) is 0.238. The minimum absolute atomic E-state index is 0.111. The van der Waals surface area contributed by atoms with Gasteiger partial charge in [-0.2, -0.15) is 0 Å². The van der Waals surface area contributed by atoms with Gasteiger partial charge in [-0.3, -0.25) is 0 Å². The van der Waals surface area contributed by atoms with Crippen LogP contribution in [0, 0.1) is 5.21 Å². The number of rotatable bonds is 9. The summed E-state index contributed by atoms with van der Waals surface area (Å²) in [7, 11) is 0. The second kappa shape index (κ2) is 10.1. The van der Waals surface area contributed by atoms with Crippen molar-refractivity contribution >= 4 is 11.9 Å². The van der Waals surface area contributed by atoms with E-state index in [1.165, 1.54) is 0 Å². The molecular formula is C28H33NO7. The Morgan fingerprint density at radius 1 is 0.944 bits per heavy atom. The van der Waals surface area contributed by atoms with E-state index in [0.717, 1.165) is 0 Å². The summed E-state index contributed by atoms with van der Waals surface area (Å²) in [4.78, 5) is 26.0. The summed E-state index contributed by atoms with van der Waals surface area (Å²) in [5.74, 6) is -1.61. The van der Waals surface area contributed by atoms with Gasteiger partial charge in [0, 0.05) is 12.0 Å². The van der Waals surface area contributed by atoms with Gasteiger partial charge >= 0.3 is 11.9 Å². The molecule has 0 amide bonds. The van der Waals surface area contributed by atoms with Crippen LogP contribution in [0.2, 0.25) is 0 Å². The van der Waals surface area contributed by atoms with Crippen molar-refractivity contribution in [2.45, 2.75) is 56.5 Å². The summed E-state index contributed by atoms with van der Waals surface area (Å²) in [5.41, 5.74) is -2.22. The van der Waals surface area contributed by atoms with Crippen molar-refractivity contribution in [3.8, 4) is 0 Å². The zero-order valence-corrected chi connectivity index (χ0v) is 20.6. The molecule has 2 aromatic carbocycles. The lowest BCUT2D eigenvalue weighted by atomic mass is 9.91. The Labute approximate surface area is 210 Å². The summed E-state index contributed by atoms with van der Waals surface area (Å²) >= 11 is 0. The Morgan fingerprint density at radius 3 is 2.00 bits per heavy atom. The van der Waals surface area contributed by atoms with Crippen LogP contribution in [0.25, 0.3) is 0 Å². The van der Waals surface area contributed by atoms with Crippen LogP contribution in [0.5, 0.6) is 0 Å². The van der Waals surface area contributed by atoms with E-state index in [9.17, 15) is 25.0 Å². The highest BCUT2D eigenvalue weighted by Crippen LogP contribution is 2.39. The highest BCUT2D eigenvalue weighted by Gasteiger charge is 2.52. The maximum atomic E-state index is 13.4. The molecule has 2 aliphatic heterocycles. The van der Waals surface area contributed by atoms with E-state index < -0.39 is 39.9 Å². The number of hydroxylamine groups is 3. The van der Waals surface area contributed by atoms with Gasteiger partial charge in [-0.15, -0.1) is 0 Å². The smallest absolute Gasteiger partial charge is 0.343 e. The SMILES string of the molecule is CCC(O)(C(=O)OCC1=CC[N+]2([O-])CC[C@H](OC(=O)[C@](O)(CC)c3ccccc3)[C@@H]12)c1ccccc1. The number of carbonyl (C=O) groups is 2. The number of fused-ring (bicyclic) bond motifs is 1. The van der Waals surface area contributed by atoms with Gasteiger partial charge < -0.3 is 29.5 Å². The van der Waals surface area contributed by atoms with E-state index in [4.69, 9.17) is 9.47 Å². The van der Waals surface area contributed by atoms with Crippen molar-refractivity contribution in [1.29, 1.82) is 0 Å². The van der Waals surface area contributed by atoms with Crippen molar-refractivity contribution in [3.05, 3.63) is 88.6 Å². The topological polar surface area (TPSA) is 116 Å². The van der Waals surface area contributed by atoms with Gasteiger partial charge in [0.05, 0.1) is 13.1 Å². The average Bonchev–Trinajstić information content (AvgIpc) is 3.42. The Bertz CT molecular complexity index is 1120. The highest BCUT2D eigenvalue weighted by atomic mass is 16.6. The number of benzene rings is 2. The van der Waals surface area contributed by atoms with E-state index >= 15 is 0 Å². The summed E-state index contributed by atoms with van der Waals surface area (Å²) in [6, 6.07) is 16.4. The molecule has 0 saturated carbocycles. The molecule has 0 radical (unpaired) electrons. The molecule has 1 fully saturated rings. The van der Waals surface area contributed by atoms with E-state index in [2.05, 4.69) is 0 Å². The maximum absolute atomic E-state index is 13.4. The van der Waals surface area contributed by atoms with Crippen LogP contribution in [0.4, 0.5) is 0 Å². The molecule has 8 nitrogen and oxygen atoms in total. The third kappa shape index (κ3) is 4.57. The molecule has 36 heavy (non-hydrogen) atoms. The molecule has 2 aromatic rings. The third-order valence-corrected chi connectivity index (χ3v) is 7.52. The van der Waals surface area contributed by atoms with Crippen LogP contribution < -0.4 is 0 Å². The number of ether oxygens (including phenoxy) is 2. The highest BCUT2D eigenvalue weighted by molar-refractivity contribution is 5.82. The van der Waals surface area contributed by atoms with Crippen molar-refractivity contribution in [1.82, 2.24) is 0 Å². The third-order valence-electron chi connectivity index (χ3n) is 7.52. The molecule has 8 heteroatoms. The first-order valence-corrected chi connectivity index (χ1v) is 12.4. The van der Waals surface area contributed by atoms with Gasteiger partial charge in [-0.1, -0.05) is 74.5 Å². The molecule has 0 bridgehead atoms. The van der Waals surface area contributed by atoms with Crippen LogP contribution in [0.3, 0.4) is 0 Å². The largest absolute Gasteiger partial charge is 0.632 e. The number of hydrogen-bond acceptors (Lipinski definition) is 7. The second-order valence-electron chi connectivity index (χ2n) is 9.55. The van der Waals surface area contributed by atoms with Gasteiger partial charge in [0.25, 0.3) is 0 Å². The Hall–Kier alpha value is -3.04. The number of esters is 2. The molecule has 5 atom stereocenters. The van der Waals surface area contributed by atoms with Crippen molar-refractivity contribution in [2.75, 3.05) is 19.7 Å². The van der Waals surface area contributed by atoms with Gasteiger partial charge in [0.15, 0.2) is 23.3 Å². The van der Waals surface area contributed by atoms with E-state index in [-0.39, 0.29) is 32.5 Å². The molecule has 1 saturated heterocycles. The maximum Gasteiger partial charge on any atom is 0.343 e. The summed E-state index contributed by atoms with van der Waals surface area (Å²) in [5, 5.41) is 35.6. The fourth-order valence-corrected chi connectivity index (χ4v) is 5.22. The minimum atomic E-state index is -1.83. The minimum Gasteiger partial charge on any atom is -0.632 e. The van der Waals surface area contributed by atoms with Gasteiger partial charge in [-0.05, 0) is 30.0 Å². The number of quaternary nitrogens is 1. The Balaban J connectivity index is 1.47. The lowest BCUT2D eigenvalue weighted by Gasteiger charge is -2.41. The zero-order chi connectivity index (χ0) is 26.0. The normalized spacial score (nSPS) is 26.3. The van der Waals surface area contributed by atoms with Crippen molar-refractivity contribution in [2.24, 2.45) is 0 Å². The van der Waals surface area contributed by atoms with E-state index in [0.29, 0.717) is 23.1 Å². The molecule has 0 aliphatic carbocycles. The van der Waals surface area contributed by atoms with Gasteiger partial charge in [0.2, 0.25) is 0 Å². The number of aliphatic hydroxyl groups is 2. The summed E-state index contributed by atoms with van der Waals surface area (Å²) < 4.78 is 10.7. The predicted molar refractivity (Wildman–Crippen MR) is 132 cm³/mol. The van der Waals surface area contributed by atoms with Crippen LogP contribution >= 0.6 is 0 Å². The van der Waals surface area contributed by atoms with Crippen molar-refractivity contribution < 1.29 is 33.9 Å². The van der Waals surface area contributed by atoms with Gasteiger partial charge in [-0.25, -0.2) is 9.59 Å². The lowest BCUT2D eigenvalue weighted by Crippen LogP contribution is -2.49. The summed E-state index contributed by atoms with van der Waals surface area (Å²) in [6.07, 6.45) is 1.53. The molecular weight excluding hydrogens is 462 g/mol. The van der Waals surface area contributed by atoms with E-state index in [1.54, 1.807) is 80.6 Å². The van der Waals surface area contributed by atoms with Crippen LogP contribution in [0.15, 0.2) is 72.3 Å². The first-order valence-electron chi connectivity index (χ1n) is 12.4. The van der Waals surface area contributed by atoms with Crippen molar-refractivity contribution in [3.63, 3.8) is 0 Å². The lowest BCUT2D eigenvalue weighted by molar-refractivity contribution is -0.877. The average molecular weight is 496 g/mol. The molecule has 4 rings (SSSR count). The number of carbonyl (C=O) groups excluding carboxylic acids is 2. The van der Waals surface area contributed by atoms with Crippen LogP contribution in [0.1, 0.15) is 44.2 Å². The molecule has 0 spiro atoms. The Morgan fingerprint density at radius 2 is 1.47 bits per heavy atom. The molecule has 192 valence electrons. The first kappa shape index (κ1) is 26.0. The molecule has 0 aromatic heterocycles. The first-order chi connectivity index (χ1) is 17.2. The monoisotopic (exact) mass is 495 g/mol. The molecule has 2 N–H and O–H groups in total. The fraction of sp³-hybridized carbons (Fsp3) is 0.429. The Kier molecular flexibility index (Phi) is 7.33. The van der Waals surface area contributed by atoms with Gasteiger partial charge in [0.1, 0.15) is 6.61 Å². The number of nitrogens with zero attached hydrogens (tertiary/aromatic N) is 1. The predicted octanol–water partition coefficient (Wildman–Crippen LogP) is 3.06. The fourth-order valence-electron chi connectivity index (χ4n) is 5.22. The standard InChI is InChI=1S/C28H33NO7/c1-3-27(32,21-11-7-5-8-12-21)25(30)35-19-20-15-17-29(34)18-16-23(24(20)29)36-26(31)28(33,4-2)22-13-9-6-10-14-22/h5-15,23-24,32-33H,3-4,16-19H2,1-2H3/t23-,24+,27?,28-,29?/m0/s1. The van der Waals surface area contributed by atoms with E-state index in [1.807, 2.05) is 0 Å². The zero-order valence-electron chi connectivity index (χ0n) is 20.6. The molecule has 2 unspecified atom stereocenters. The van der Waals surface area contributed by atoms with Crippen LogP contribution in [-0.4, -0.2) is 58.6 Å². The van der Waals surface area contributed by atoms with Crippen LogP contribution in [-0.2, 0) is 30.3 Å². The molecule has 2 aliphatic rings. The summed E-state index contributed by atoms with van der Waals surface area (Å²) in [6.45, 7) is 3.62. The number of hydrogen-bond donors (Lipinski definition) is 2.